The van der Waals surface area contributed by atoms with Crippen LogP contribution in [0.5, 0.6) is 0 Å². The third kappa shape index (κ3) is 6.83. The Morgan fingerprint density at radius 3 is 2.16 bits per heavy atom. The molecule has 10 nitrogen and oxygen atoms in total. The molecule has 0 saturated carbocycles. The number of nitrogens with zero attached hydrogens (tertiary/aromatic N) is 1. The number of aromatic amines is 2. The van der Waals surface area contributed by atoms with E-state index in [1.165, 1.54) is 0 Å². The smallest absolute Gasteiger partial charge is 0.303 e. The Labute approximate surface area is 261 Å². The monoisotopic (exact) mass is 620 g/mol. The summed E-state index contributed by atoms with van der Waals surface area (Å²) in [4.78, 5) is 59.0. The van der Waals surface area contributed by atoms with Gasteiger partial charge < -0.3 is 25.5 Å². The van der Waals surface area contributed by atoms with Crippen LogP contribution in [0.15, 0.2) is 21.8 Å². The number of rotatable bonds is 12. The van der Waals surface area contributed by atoms with E-state index >= 15 is 0 Å². The Morgan fingerprint density at radius 2 is 1.57 bits per heavy atom. The molecule has 234 valence electrons. The number of aliphatic carboxylic acids is 2. The zero-order valence-electron chi connectivity index (χ0n) is 25.8. The summed E-state index contributed by atoms with van der Waals surface area (Å²) in [6.07, 6.45) is 7.35. The zero-order chi connectivity index (χ0) is 32.3. The number of aliphatic imine (C=N–C) groups is 1. The number of carboxylic acid groups (broad SMARTS) is 2. The summed E-state index contributed by atoms with van der Waals surface area (Å²) in [6, 6.07) is 0. The first kappa shape index (κ1) is 32.8. The van der Waals surface area contributed by atoms with Gasteiger partial charge in [-0.15, -0.1) is 0 Å². The molecule has 0 bridgehead atoms. The molecule has 5 N–H and O–H groups in total. The third-order valence-electron chi connectivity index (χ3n) is 8.74. The SMILES string of the molecule is CCC1=C(C)C(/C=c2/[nH]/c(=C\c3[nH]c(/C=C4\NC(=O)[C@H](C)[C@H]4CCS)c(C)c3CCC(=O)O)c(CCC(=O)O)c2C)=NC1=O. The topological polar surface area (TPSA) is 165 Å². The lowest BCUT2D eigenvalue weighted by molar-refractivity contribution is -0.138. The highest BCUT2D eigenvalue weighted by Gasteiger charge is 2.34. The largest absolute Gasteiger partial charge is 0.481 e. The van der Waals surface area contributed by atoms with Gasteiger partial charge >= 0.3 is 11.9 Å². The van der Waals surface area contributed by atoms with Crippen molar-refractivity contribution in [3.63, 3.8) is 0 Å². The molecule has 0 unspecified atom stereocenters. The van der Waals surface area contributed by atoms with Crippen LogP contribution in [0.4, 0.5) is 0 Å². The summed E-state index contributed by atoms with van der Waals surface area (Å²) >= 11 is 4.38. The van der Waals surface area contributed by atoms with Crippen LogP contribution in [-0.4, -0.2) is 55.4 Å². The number of carboxylic acids is 2. The number of allylic oxidation sites excluding steroid dienone is 2. The first-order valence-electron chi connectivity index (χ1n) is 14.9. The van der Waals surface area contributed by atoms with Crippen molar-refractivity contribution in [3.05, 3.63) is 61.2 Å². The highest BCUT2D eigenvalue weighted by atomic mass is 32.1. The molecule has 0 spiro atoms. The van der Waals surface area contributed by atoms with Gasteiger partial charge in [0.05, 0.1) is 5.71 Å². The van der Waals surface area contributed by atoms with E-state index in [0.717, 1.165) is 51.0 Å². The van der Waals surface area contributed by atoms with Gasteiger partial charge in [0.1, 0.15) is 0 Å². The van der Waals surface area contributed by atoms with Crippen LogP contribution in [0.3, 0.4) is 0 Å². The second-order valence-electron chi connectivity index (χ2n) is 11.4. The van der Waals surface area contributed by atoms with Crippen LogP contribution >= 0.6 is 12.6 Å². The van der Waals surface area contributed by atoms with Gasteiger partial charge in [0.15, 0.2) is 0 Å². The summed E-state index contributed by atoms with van der Waals surface area (Å²) in [5.41, 5.74) is 7.68. The van der Waals surface area contributed by atoms with Crippen molar-refractivity contribution < 1.29 is 29.4 Å². The Balaban J connectivity index is 1.89. The molecule has 44 heavy (non-hydrogen) atoms. The number of carbonyl (C=O) groups is 4. The Bertz CT molecular complexity index is 1740. The van der Waals surface area contributed by atoms with E-state index in [4.69, 9.17) is 0 Å². The van der Waals surface area contributed by atoms with E-state index in [0.29, 0.717) is 34.5 Å². The zero-order valence-corrected chi connectivity index (χ0v) is 26.7. The number of nitrogens with one attached hydrogen (secondary N) is 3. The molecule has 0 radical (unpaired) electrons. The van der Waals surface area contributed by atoms with Crippen molar-refractivity contribution in [3.8, 4) is 0 Å². The van der Waals surface area contributed by atoms with Gasteiger partial charge in [-0.2, -0.15) is 12.6 Å². The molecule has 0 aliphatic carbocycles. The number of amides is 2. The van der Waals surface area contributed by atoms with E-state index in [9.17, 15) is 29.4 Å². The van der Waals surface area contributed by atoms with Crippen molar-refractivity contribution in [2.24, 2.45) is 16.8 Å². The molecule has 2 aliphatic rings. The van der Waals surface area contributed by atoms with E-state index in [2.05, 4.69) is 32.9 Å². The average molecular weight is 621 g/mol. The van der Waals surface area contributed by atoms with E-state index in [1.54, 1.807) is 0 Å². The molecule has 2 aromatic rings. The van der Waals surface area contributed by atoms with E-state index in [-0.39, 0.29) is 49.3 Å². The molecule has 11 heteroatoms. The van der Waals surface area contributed by atoms with Gasteiger partial charge in [-0.3, -0.25) is 19.2 Å². The summed E-state index contributed by atoms with van der Waals surface area (Å²) in [5.74, 6) is -1.67. The summed E-state index contributed by atoms with van der Waals surface area (Å²) in [7, 11) is 0. The molecule has 4 heterocycles. The van der Waals surface area contributed by atoms with Crippen molar-refractivity contribution in [1.29, 1.82) is 0 Å². The minimum Gasteiger partial charge on any atom is -0.481 e. The molecule has 1 saturated heterocycles. The highest BCUT2D eigenvalue weighted by Crippen LogP contribution is 2.32. The second-order valence-corrected chi connectivity index (χ2v) is 11.9. The van der Waals surface area contributed by atoms with Crippen molar-refractivity contribution >= 4 is 60.3 Å². The Hall–Kier alpha value is -4.12. The Kier molecular flexibility index (Phi) is 10.2. The lowest BCUT2D eigenvalue weighted by Crippen LogP contribution is -2.16. The van der Waals surface area contributed by atoms with Crippen LogP contribution in [0.25, 0.3) is 18.2 Å². The summed E-state index contributed by atoms with van der Waals surface area (Å²) in [5, 5.41) is 23.3. The van der Waals surface area contributed by atoms with Crippen LogP contribution in [0, 0.1) is 25.7 Å². The third-order valence-corrected chi connectivity index (χ3v) is 9.00. The van der Waals surface area contributed by atoms with Crippen LogP contribution in [-0.2, 0) is 32.0 Å². The molecular formula is C33H40N4O6S. The quantitative estimate of drug-likeness (QED) is 0.199. The maximum absolute atomic E-state index is 12.5. The standard InChI is InChI=1S/C33H40N4O6S/c1-6-20-16(2)26(36-33(20)43)13-24-17(3)21(7-9-30(38)39)27(34-24)15-28-22(8-10-31(40)41)18(4)25(35-28)14-29-23(11-12-44)19(5)32(42)37-29/h13-15,19,23,34-35,44H,6-12H2,1-5H3,(H,37,42)(H,38,39)(H,40,41)/b24-13+,27-15-,29-14-/t19-,23-/m1/s1. The summed E-state index contributed by atoms with van der Waals surface area (Å²) in [6.45, 7) is 9.51. The molecule has 2 amide bonds. The molecule has 0 aromatic carbocycles. The fourth-order valence-electron chi connectivity index (χ4n) is 6.06. The number of carbonyl (C=O) groups excluding carboxylic acids is 2. The van der Waals surface area contributed by atoms with Crippen LogP contribution in [0.2, 0.25) is 0 Å². The van der Waals surface area contributed by atoms with Crippen LogP contribution in [0.1, 0.15) is 80.1 Å². The molecule has 4 rings (SSSR count). The van der Waals surface area contributed by atoms with Gasteiger partial charge in [-0.05, 0) is 98.3 Å². The van der Waals surface area contributed by atoms with E-state index in [1.807, 2.05) is 52.8 Å². The van der Waals surface area contributed by atoms with Gasteiger partial charge in [0, 0.05) is 58.0 Å². The minimum absolute atomic E-state index is 0.000450. The Morgan fingerprint density at radius 1 is 0.909 bits per heavy atom. The number of hydrogen-bond acceptors (Lipinski definition) is 5. The van der Waals surface area contributed by atoms with Gasteiger partial charge in [-0.25, -0.2) is 4.99 Å². The number of thiol groups is 1. The fourth-order valence-corrected chi connectivity index (χ4v) is 6.34. The first-order chi connectivity index (χ1) is 20.9. The van der Waals surface area contributed by atoms with Gasteiger partial charge in [0.25, 0.3) is 5.91 Å². The normalized spacial score (nSPS) is 20.3. The van der Waals surface area contributed by atoms with Crippen molar-refractivity contribution in [2.75, 3.05) is 5.75 Å². The van der Waals surface area contributed by atoms with Crippen molar-refractivity contribution in [2.45, 2.75) is 73.1 Å². The number of hydrogen-bond donors (Lipinski definition) is 6. The predicted octanol–water partition coefficient (Wildman–Crippen LogP) is 3.35. The first-order valence-corrected chi connectivity index (χ1v) is 15.5. The fraction of sp³-hybridized carbons (Fsp3) is 0.424. The van der Waals surface area contributed by atoms with Crippen LogP contribution < -0.4 is 16.0 Å². The lowest BCUT2D eigenvalue weighted by atomic mass is 9.91. The number of H-pyrrole nitrogens is 2. The summed E-state index contributed by atoms with van der Waals surface area (Å²) < 4.78 is 0. The van der Waals surface area contributed by atoms with Gasteiger partial charge in [0.2, 0.25) is 5.91 Å². The lowest BCUT2D eigenvalue weighted by Gasteiger charge is -2.12. The predicted molar refractivity (Wildman–Crippen MR) is 173 cm³/mol. The van der Waals surface area contributed by atoms with E-state index < -0.39 is 11.9 Å². The molecule has 2 atom stereocenters. The molecular weight excluding hydrogens is 580 g/mol. The maximum atomic E-state index is 12.5. The molecule has 1 fully saturated rings. The minimum atomic E-state index is -0.922. The highest BCUT2D eigenvalue weighted by molar-refractivity contribution is 7.80. The van der Waals surface area contributed by atoms with Gasteiger partial charge in [-0.1, -0.05) is 13.8 Å². The second kappa shape index (κ2) is 13.7. The number of aromatic nitrogens is 2. The average Bonchev–Trinajstić information content (AvgIpc) is 3.60. The maximum Gasteiger partial charge on any atom is 0.303 e. The molecule has 2 aliphatic heterocycles. The molecule has 2 aromatic heterocycles. The van der Waals surface area contributed by atoms with Crippen molar-refractivity contribution in [1.82, 2.24) is 15.3 Å².